The fourth-order valence-electron chi connectivity index (χ4n) is 6.19. The van der Waals surface area contributed by atoms with Crippen molar-refractivity contribution in [3.05, 3.63) is 64.8 Å². The van der Waals surface area contributed by atoms with Crippen LogP contribution in [0.15, 0.2) is 48.7 Å². The Morgan fingerprint density at radius 1 is 1.06 bits per heavy atom. The van der Waals surface area contributed by atoms with E-state index in [0.29, 0.717) is 10.6 Å². The van der Waals surface area contributed by atoms with Crippen LogP contribution in [0, 0.1) is 0 Å². The lowest BCUT2D eigenvalue weighted by atomic mass is 9.68. The molecule has 3 aromatic rings. The van der Waals surface area contributed by atoms with Gasteiger partial charge in [-0.15, -0.1) is 0 Å². The average molecular weight is 492 g/mol. The number of halogens is 1. The summed E-state index contributed by atoms with van der Waals surface area (Å²) in [5, 5.41) is 4.83. The van der Waals surface area contributed by atoms with E-state index in [4.69, 9.17) is 16.3 Å². The molecule has 4 heterocycles. The first-order valence-electron chi connectivity index (χ1n) is 12.6. The Balaban J connectivity index is 1.38. The molecule has 6 rings (SSSR count). The summed E-state index contributed by atoms with van der Waals surface area (Å²) < 4.78 is 8.28. The second kappa shape index (κ2) is 8.99. The van der Waals surface area contributed by atoms with Crippen LogP contribution in [0.2, 0.25) is 5.02 Å². The van der Waals surface area contributed by atoms with E-state index < -0.39 is 6.10 Å². The number of ether oxygens (including phenoxy) is 1. The van der Waals surface area contributed by atoms with Gasteiger partial charge < -0.3 is 19.5 Å². The number of likely N-dealkylation sites (tertiary alicyclic amines) is 1. The van der Waals surface area contributed by atoms with Gasteiger partial charge in [0, 0.05) is 46.2 Å². The molecule has 7 heteroatoms. The molecule has 35 heavy (non-hydrogen) atoms. The number of Topliss-reactive ketones (excluding diaryl/α,β-unsaturated/α-hetero) is 1. The molecule has 0 aliphatic carbocycles. The van der Waals surface area contributed by atoms with Crippen molar-refractivity contribution in [2.75, 3.05) is 26.2 Å². The number of rotatable bonds is 4. The fraction of sp³-hybridized carbons (Fsp3) is 0.429. The molecule has 182 valence electrons. The van der Waals surface area contributed by atoms with Crippen LogP contribution in [0.5, 0.6) is 5.75 Å². The van der Waals surface area contributed by atoms with Crippen LogP contribution >= 0.6 is 11.6 Å². The highest BCUT2D eigenvalue weighted by Crippen LogP contribution is 2.49. The van der Waals surface area contributed by atoms with Crippen molar-refractivity contribution in [1.29, 1.82) is 0 Å². The minimum absolute atomic E-state index is 0.0282. The maximum Gasteiger partial charge on any atom is 0.242 e. The first kappa shape index (κ1) is 22.6. The predicted octanol–water partition coefficient (Wildman–Crippen LogP) is 4.57. The number of hydrogen-bond donors (Lipinski definition) is 1. The van der Waals surface area contributed by atoms with Gasteiger partial charge in [-0.05, 0) is 63.4 Å². The van der Waals surface area contributed by atoms with Gasteiger partial charge in [0.25, 0.3) is 0 Å². The number of aromatic nitrogens is 1. The van der Waals surface area contributed by atoms with Crippen LogP contribution in [0.3, 0.4) is 0 Å². The number of carbonyl (C=O) groups excluding carboxylic acids is 2. The van der Waals surface area contributed by atoms with Gasteiger partial charge in [0.05, 0.1) is 5.52 Å². The minimum atomic E-state index is -0.588. The Hall–Kier alpha value is -2.83. The Bertz CT molecular complexity index is 1290. The maximum absolute atomic E-state index is 14.2. The number of nitrogens with zero attached hydrogens (tertiary/aromatic N) is 2. The summed E-state index contributed by atoms with van der Waals surface area (Å²) in [6.45, 7) is 3.50. The monoisotopic (exact) mass is 491 g/mol. The molecule has 2 fully saturated rings. The van der Waals surface area contributed by atoms with Crippen molar-refractivity contribution in [3.63, 3.8) is 0 Å². The molecule has 0 unspecified atom stereocenters. The molecule has 0 radical (unpaired) electrons. The van der Waals surface area contributed by atoms with Crippen LogP contribution < -0.4 is 10.1 Å². The zero-order valence-electron chi connectivity index (χ0n) is 19.8. The molecule has 0 saturated carbocycles. The average Bonchev–Trinajstić information content (AvgIpc) is 3.40. The lowest BCUT2D eigenvalue weighted by molar-refractivity contribution is -0.132. The molecular weight excluding hydrogens is 462 g/mol. The van der Waals surface area contributed by atoms with E-state index >= 15 is 0 Å². The zero-order valence-corrected chi connectivity index (χ0v) is 20.5. The normalized spacial score (nSPS) is 21.2. The topological polar surface area (TPSA) is 63.6 Å². The number of piperidine rings is 2. The van der Waals surface area contributed by atoms with Gasteiger partial charge in [-0.1, -0.05) is 35.9 Å². The lowest BCUT2D eigenvalue weighted by Gasteiger charge is -2.37. The quantitative estimate of drug-likeness (QED) is 0.543. The molecule has 1 N–H and O–H groups in total. The summed E-state index contributed by atoms with van der Waals surface area (Å²) in [5.74, 6) is 0.860. The second-order valence-corrected chi connectivity index (χ2v) is 10.5. The van der Waals surface area contributed by atoms with E-state index in [1.54, 1.807) is 0 Å². The van der Waals surface area contributed by atoms with Gasteiger partial charge in [0.2, 0.25) is 11.7 Å². The molecule has 1 spiro atoms. The maximum atomic E-state index is 14.2. The first-order chi connectivity index (χ1) is 17.1. The number of amides is 1. The van der Waals surface area contributed by atoms with E-state index in [1.165, 1.54) is 6.42 Å². The molecule has 2 saturated heterocycles. The number of ketones is 1. The smallest absolute Gasteiger partial charge is 0.242 e. The van der Waals surface area contributed by atoms with Gasteiger partial charge in [-0.3, -0.25) is 9.59 Å². The third kappa shape index (κ3) is 3.83. The number of nitrogens with one attached hydrogen (secondary N) is 1. The first-order valence-corrected chi connectivity index (χ1v) is 13.0. The van der Waals surface area contributed by atoms with Crippen LogP contribution in [0.4, 0.5) is 0 Å². The van der Waals surface area contributed by atoms with Gasteiger partial charge in [-0.25, -0.2) is 0 Å². The summed E-state index contributed by atoms with van der Waals surface area (Å²) in [5.41, 5.74) is 2.19. The third-order valence-corrected chi connectivity index (χ3v) is 8.26. The predicted molar refractivity (Wildman–Crippen MR) is 136 cm³/mol. The summed E-state index contributed by atoms with van der Waals surface area (Å²) in [7, 11) is 0. The second-order valence-electron chi connectivity index (χ2n) is 10.0. The Kier molecular flexibility index (Phi) is 5.81. The lowest BCUT2D eigenvalue weighted by Crippen LogP contribution is -2.50. The molecule has 0 bridgehead atoms. The highest BCUT2D eigenvalue weighted by molar-refractivity contribution is 6.31. The molecule has 1 amide bonds. The van der Waals surface area contributed by atoms with Gasteiger partial charge in [0.1, 0.15) is 12.3 Å². The highest BCUT2D eigenvalue weighted by atomic mass is 35.5. The van der Waals surface area contributed by atoms with Crippen molar-refractivity contribution < 1.29 is 14.3 Å². The zero-order chi connectivity index (χ0) is 24.0. The number of hydrogen-bond acceptors (Lipinski definition) is 4. The van der Waals surface area contributed by atoms with Crippen molar-refractivity contribution in [2.24, 2.45) is 0 Å². The molecule has 3 aliphatic heterocycles. The van der Waals surface area contributed by atoms with Crippen LogP contribution in [-0.2, 0) is 16.8 Å². The van der Waals surface area contributed by atoms with Crippen LogP contribution in [0.25, 0.3) is 10.9 Å². The van der Waals surface area contributed by atoms with E-state index in [-0.39, 0.29) is 23.7 Å². The van der Waals surface area contributed by atoms with Gasteiger partial charge in [-0.2, -0.15) is 0 Å². The fourth-order valence-corrected chi connectivity index (χ4v) is 6.36. The largest absolute Gasteiger partial charge is 0.481 e. The van der Waals surface area contributed by atoms with Crippen molar-refractivity contribution in [3.8, 4) is 5.75 Å². The molecule has 1 atom stereocenters. The van der Waals surface area contributed by atoms with E-state index in [9.17, 15) is 9.59 Å². The van der Waals surface area contributed by atoms with E-state index in [0.717, 1.165) is 74.1 Å². The Labute approximate surface area is 210 Å². The van der Waals surface area contributed by atoms with Crippen molar-refractivity contribution in [1.82, 2.24) is 14.8 Å². The van der Waals surface area contributed by atoms with E-state index in [2.05, 4.69) is 11.4 Å². The number of carbonyl (C=O) groups is 2. The molecular formula is C28H30ClN3O3. The summed E-state index contributed by atoms with van der Waals surface area (Å²) in [4.78, 5) is 29.2. The standard InChI is InChI=1S/C28H30ClN3O3/c29-19-8-9-20-21(17-32(23(20)16-19)18-25(33)31-14-4-1-5-15-31)26(34)27-28(10-12-30-13-11-28)22-6-2-3-7-24(22)35-27/h2-3,6-9,16-17,27,30H,1,4-5,10-15,18H2/t27-/m0/s1. The Morgan fingerprint density at radius 3 is 2.63 bits per heavy atom. The van der Waals surface area contributed by atoms with Crippen molar-refractivity contribution in [2.45, 2.75) is 50.2 Å². The molecule has 6 nitrogen and oxygen atoms in total. The number of para-hydroxylation sites is 1. The summed E-state index contributed by atoms with van der Waals surface area (Å²) >= 11 is 6.34. The van der Waals surface area contributed by atoms with Gasteiger partial charge in [0.15, 0.2) is 6.10 Å². The number of fused-ring (bicyclic) bond motifs is 3. The highest BCUT2D eigenvalue weighted by Gasteiger charge is 2.53. The van der Waals surface area contributed by atoms with E-state index in [1.807, 2.05) is 52.1 Å². The SMILES string of the molecule is O=C(c1cn(CC(=O)N2CCCCC2)c2cc(Cl)ccc12)[C@@H]1Oc2ccccc2C12CCNCC2. The summed E-state index contributed by atoms with van der Waals surface area (Å²) in [6, 6.07) is 13.6. The minimum Gasteiger partial charge on any atom is -0.481 e. The molecule has 2 aromatic carbocycles. The van der Waals surface area contributed by atoms with Crippen LogP contribution in [0.1, 0.15) is 48.0 Å². The molecule has 3 aliphatic rings. The summed E-state index contributed by atoms with van der Waals surface area (Å²) in [6.07, 6.45) is 6.21. The number of benzene rings is 2. The van der Waals surface area contributed by atoms with Crippen molar-refractivity contribution >= 4 is 34.2 Å². The van der Waals surface area contributed by atoms with Gasteiger partial charge >= 0.3 is 0 Å². The van der Waals surface area contributed by atoms with Crippen LogP contribution in [-0.4, -0.2) is 53.4 Å². The third-order valence-electron chi connectivity index (χ3n) is 8.03. The Morgan fingerprint density at radius 2 is 1.83 bits per heavy atom. The molecule has 1 aromatic heterocycles.